The van der Waals surface area contributed by atoms with E-state index in [1.807, 2.05) is 20.1 Å². The third-order valence-corrected chi connectivity index (χ3v) is 5.73. The van der Waals surface area contributed by atoms with E-state index in [4.69, 9.17) is 4.74 Å². The molecule has 0 atom stereocenters. The van der Waals surface area contributed by atoms with Crippen molar-refractivity contribution in [3.05, 3.63) is 33.9 Å². The second kappa shape index (κ2) is 8.15. The SMILES string of the molecule is CO[C@H]1CC[C@H](N2CCC(Nc3cc(C)ccc3[N+](=O)[O-])CC2)CC1. The van der Waals surface area contributed by atoms with Crippen LogP contribution in [-0.2, 0) is 4.74 Å². The zero-order valence-corrected chi connectivity index (χ0v) is 15.2. The molecule has 6 heteroatoms. The minimum Gasteiger partial charge on any atom is -0.381 e. The molecule has 25 heavy (non-hydrogen) atoms. The van der Waals surface area contributed by atoms with E-state index in [0.29, 0.717) is 23.9 Å². The standard InChI is InChI=1S/C19H29N3O3/c1-14-3-8-19(22(23)24)18(13-14)20-15-9-11-21(12-10-15)16-4-6-17(25-2)7-5-16/h3,8,13,15-17,20H,4-7,9-12H2,1-2H3/t16-,17-. The van der Waals surface area contributed by atoms with Gasteiger partial charge in [0.15, 0.2) is 0 Å². The number of hydrogen-bond acceptors (Lipinski definition) is 5. The number of methoxy groups -OCH3 is 1. The van der Waals surface area contributed by atoms with E-state index in [9.17, 15) is 10.1 Å². The number of nitrogens with one attached hydrogen (secondary N) is 1. The molecule has 1 aliphatic heterocycles. The van der Waals surface area contributed by atoms with Gasteiger partial charge in [-0.15, -0.1) is 0 Å². The van der Waals surface area contributed by atoms with E-state index in [2.05, 4.69) is 10.2 Å². The van der Waals surface area contributed by atoms with Gasteiger partial charge in [0.2, 0.25) is 0 Å². The second-order valence-electron chi connectivity index (χ2n) is 7.40. The van der Waals surface area contributed by atoms with Gasteiger partial charge in [-0.2, -0.15) is 0 Å². The molecule has 1 aliphatic carbocycles. The van der Waals surface area contributed by atoms with Gasteiger partial charge in [0, 0.05) is 38.3 Å². The lowest BCUT2D eigenvalue weighted by atomic mass is 9.90. The molecule has 1 saturated carbocycles. The maximum atomic E-state index is 11.2. The first-order chi connectivity index (χ1) is 12.1. The monoisotopic (exact) mass is 347 g/mol. The van der Waals surface area contributed by atoms with E-state index in [-0.39, 0.29) is 10.6 Å². The van der Waals surface area contributed by atoms with Crippen molar-refractivity contribution in [3.63, 3.8) is 0 Å². The summed E-state index contributed by atoms with van der Waals surface area (Å²) in [6.07, 6.45) is 7.28. The summed E-state index contributed by atoms with van der Waals surface area (Å²) < 4.78 is 5.47. The van der Waals surface area contributed by atoms with Gasteiger partial charge in [-0.05, 0) is 57.1 Å². The molecule has 1 aromatic carbocycles. The molecule has 1 N–H and O–H groups in total. The van der Waals surface area contributed by atoms with Gasteiger partial charge in [-0.25, -0.2) is 0 Å². The Morgan fingerprint density at radius 2 is 1.84 bits per heavy atom. The van der Waals surface area contributed by atoms with E-state index in [0.717, 1.165) is 44.3 Å². The zero-order valence-electron chi connectivity index (χ0n) is 15.2. The van der Waals surface area contributed by atoms with Gasteiger partial charge in [0.25, 0.3) is 5.69 Å². The van der Waals surface area contributed by atoms with Crippen molar-refractivity contribution in [1.82, 2.24) is 4.90 Å². The number of nitrogens with zero attached hydrogens (tertiary/aromatic N) is 2. The predicted octanol–water partition coefficient (Wildman–Crippen LogP) is 3.74. The van der Waals surface area contributed by atoms with Crippen molar-refractivity contribution in [1.29, 1.82) is 0 Å². The third-order valence-electron chi connectivity index (χ3n) is 5.73. The number of aryl methyl sites for hydroxylation is 1. The molecule has 2 fully saturated rings. The van der Waals surface area contributed by atoms with Crippen molar-refractivity contribution in [2.24, 2.45) is 0 Å². The number of ether oxygens (including phenoxy) is 1. The molecule has 0 unspecified atom stereocenters. The summed E-state index contributed by atoms with van der Waals surface area (Å²) in [5.41, 5.74) is 1.87. The predicted molar refractivity (Wildman–Crippen MR) is 99.1 cm³/mol. The van der Waals surface area contributed by atoms with Crippen LogP contribution < -0.4 is 5.32 Å². The number of nitro groups is 1. The van der Waals surface area contributed by atoms with Crippen molar-refractivity contribution < 1.29 is 9.66 Å². The van der Waals surface area contributed by atoms with Gasteiger partial charge >= 0.3 is 0 Å². The molecule has 2 aliphatic rings. The van der Waals surface area contributed by atoms with E-state index in [1.54, 1.807) is 12.1 Å². The fourth-order valence-corrected chi connectivity index (χ4v) is 4.20. The Morgan fingerprint density at radius 3 is 2.44 bits per heavy atom. The molecule has 1 aromatic rings. The normalized spacial score (nSPS) is 25.7. The molecule has 0 radical (unpaired) electrons. The Hall–Kier alpha value is -1.66. The second-order valence-corrected chi connectivity index (χ2v) is 7.40. The lowest BCUT2D eigenvalue weighted by Crippen LogP contribution is -2.46. The van der Waals surface area contributed by atoms with Gasteiger partial charge < -0.3 is 15.0 Å². The number of piperidine rings is 1. The average Bonchev–Trinajstić information content (AvgIpc) is 2.62. The number of hydrogen-bond donors (Lipinski definition) is 1. The highest BCUT2D eigenvalue weighted by Gasteiger charge is 2.29. The van der Waals surface area contributed by atoms with Crippen molar-refractivity contribution in [2.45, 2.75) is 63.6 Å². The Bertz CT molecular complexity index is 592. The first-order valence-electron chi connectivity index (χ1n) is 9.35. The molecule has 138 valence electrons. The van der Waals surface area contributed by atoms with Crippen LogP contribution in [0.1, 0.15) is 44.1 Å². The summed E-state index contributed by atoms with van der Waals surface area (Å²) in [5.74, 6) is 0. The molecule has 6 nitrogen and oxygen atoms in total. The van der Waals surface area contributed by atoms with Crippen LogP contribution >= 0.6 is 0 Å². The molecule has 1 saturated heterocycles. The maximum Gasteiger partial charge on any atom is 0.292 e. The van der Waals surface area contributed by atoms with Gasteiger partial charge in [0.1, 0.15) is 5.69 Å². The molecule has 0 spiro atoms. The van der Waals surface area contributed by atoms with Crippen LogP contribution in [0.5, 0.6) is 0 Å². The fourth-order valence-electron chi connectivity index (χ4n) is 4.20. The van der Waals surface area contributed by atoms with Crippen LogP contribution in [-0.4, -0.2) is 48.2 Å². The number of likely N-dealkylation sites (tertiary alicyclic amines) is 1. The lowest BCUT2D eigenvalue weighted by Gasteiger charge is -2.40. The minimum atomic E-state index is -0.300. The lowest BCUT2D eigenvalue weighted by molar-refractivity contribution is -0.384. The van der Waals surface area contributed by atoms with Crippen molar-refractivity contribution in [2.75, 3.05) is 25.5 Å². The first-order valence-corrected chi connectivity index (χ1v) is 9.35. The highest BCUT2D eigenvalue weighted by atomic mass is 16.6. The van der Waals surface area contributed by atoms with Crippen LogP contribution in [0, 0.1) is 17.0 Å². The molecular formula is C19H29N3O3. The van der Waals surface area contributed by atoms with E-state index in [1.165, 1.54) is 12.8 Å². The zero-order chi connectivity index (χ0) is 17.8. The summed E-state index contributed by atoms with van der Waals surface area (Å²) in [6.45, 7) is 4.10. The van der Waals surface area contributed by atoms with E-state index < -0.39 is 0 Å². The Labute approximate surface area is 149 Å². The van der Waals surface area contributed by atoms with Crippen molar-refractivity contribution >= 4 is 11.4 Å². The molecule has 3 rings (SSSR count). The largest absolute Gasteiger partial charge is 0.381 e. The molecular weight excluding hydrogens is 318 g/mol. The topological polar surface area (TPSA) is 67.6 Å². The van der Waals surface area contributed by atoms with Crippen molar-refractivity contribution in [3.8, 4) is 0 Å². The average molecular weight is 347 g/mol. The van der Waals surface area contributed by atoms with Crippen LogP contribution in [0.25, 0.3) is 0 Å². The molecule has 0 aromatic heterocycles. The first kappa shape index (κ1) is 18.1. The quantitative estimate of drug-likeness (QED) is 0.649. The van der Waals surface area contributed by atoms with Crippen LogP contribution in [0.4, 0.5) is 11.4 Å². The highest BCUT2D eigenvalue weighted by Crippen LogP contribution is 2.30. The summed E-state index contributed by atoms with van der Waals surface area (Å²) in [4.78, 5) is 13.5. The maximum absolute atomic E-state index is 11.2. The summed E-state index contributed by atoms with van der Waals surface area (Å²) in [5, 5.41) is 14.7. The molecule has 1 heterocycles. The molecule has 0 bridgehead atoms. The van der Waals surface area contributed by atoms with Crippen LogP contribution in [0.3, 0.4) is 0 Å². The third kappa shape index (κ3) is 4.50. The fraction of sp³-hybridized carbons (Fsp3) is 0.684. The Kier molecular flexibility index (Phi) is 5.91. The highest BCUT2D eigenvalue weighted by molar-refractivity contribution is 5.63. The Balaban J connectivity index is 1.53. The van der Waals surface area contributed by atoms with E-state index >= 15 is 0 Å². The Morgan fingerprint density at radius 1 is 1.16 bits per heavy atom. The number of nitro benzene ring substituents is 1. The number of rotatable bonds is 5. The number of anilines is 1. The summed E-state index contributed by atoms with van der Waals surface area (Å²) >= 11 is 0. The smallest absolute Gasteiger partial charge is 0.292 e. The van der Waals surface area contributed by atoms with Gasteiger partial charge in [0.05, 0.1) is 11.0 Å². The number of benzene rings is 1. The summed E-state index contributed by atoms with van der Waals surface area (Å²) in [6, 6.07) is 6.27. The van der Waals surface area contributed by atoms with Crippen LogP contribution in [0.15, 0.2) is 18.2 Å². The summed E-state index contributed by atoms with van der Waals surface area (Å²) in [7, 11) is 1.81. The minimum absolute atomic E-state index is 0.172. The molecule has 0 amide bonds. The van der Waals surface area contributed by atoms with Gasteiger partial charge in [-0.3, -0.25) is 10.1 Å². The van der Waals surface area contributed by atoms with Gasteiger partial charge in [-0.1, -0.05) is 6.07 Å². The van der Waals surface area contributed by atoms with Crippen LogP contribution in [0.2, 0.25) is 0 Å².